The summed E-state index contributed by atoms with van der Waals surface area (Å²) in [6.07, 6.45) is 2.48. The summed E-state index contributed by atoms with van der Waals surface area (Å²) in [4.78, 5) is 32.9. The number of benzene rings is 1. The van der Waals surface area contributed by atoms with Crippen LogP contribution in [0, 0.1) is 24.1 Å². The van der Waals surface area contributed by atoms with E-state index in [2.05, 4.69) is 15.9 Å². The minimum atomic E-state index is -0.326. The molecule has 0 radical (unpaired) electrons. The molecule has 0 aliphatic carbocycles. The van der Waals surface area contributed by atoms with Crippen LogP contribution < -0.4 is 15.4 Å². The molecule has 0 spiro atoms. The Morgan fingerprint density at radius 2 is 1.79 bits per heavy atom. The Morgan fingerprint density at radius 1 is 1.13 bits per heavy atom. The summed E-state index contributed by atoms with van der Waals surface area (Å²) in [6.45, 7) is 7.46. The number of methoxy groups -OCH3 is 1. The Balaban J connectivity index is 1.76. The van der Waals surface area contributed by atoms with Crippen molar-refractivity contribution >= 4 is 51.8 Å². The van der Waals surface area contributed by atoms with Crippen molar-refractivity contribution in [2.75, 3.05) is 56.2 Å². The molecule has 3 heterocycles. The van der Waals surface area contributed by atoms with Crippen molar-refractivity contribution in [3.8, 4) is 6.07 Å². The van der Waals surface area contributed by atoms with Gasteiger partial charge in [-0.2, -0.15) is 5.26 Å². The third-order valence-corrected chi connectivity index (χ3v) is 8.11. The highest BCUT2D eigenvalue weighted by Gasteiger charge is 2.33. The van der Waals surface area contributed by atoms with E-state index in [0.29, 0.717) is 78.5 Å². The number of hydrogen-bond donors (Lipinski definition) is 0. The number of aromatic nitrogens is 1. The summed E-state index contributed by atoms with van der Waals surface area (Å²) in [6, 6.07) is 8.51. The molecule has 1 aromatic carbocycles. The molecule has 2 aromatic rings. The van der Waals surface area contributed by atoms with Gasteiger partial charge in [0.25, 0.3) is 11.5 Å². The molecule has 4 rings (SSSR count). The van der Waals surface area contributed by atoms with Crippen LogP contribution >= 0.6 is 24.0 Å². The van der Waals surface area contributed by atoms with E-state index in [4.69, 9.17) is 17.0 Å². The lowest BCUT2D eigenvalue weighted by Gasteiger charge is -2.39. The van der Waals surface area contributed by atoms with Crippen LogP contribution in [-0.4, -0.2) is 66.1 Å². The molecule has 200 valence electrons. The number of carbonyl (C=O) groups is 1. The van der Waals surface area contributed by atoms with Gasteiger partial charge in [-0.15, -0.1) is 0 Å². The molecule has 1 aromatic heterocycles. The van der Waals surface area contributed by atoms with Gasteiger partial charge in [-0.05, 0) is 49.2 Å². The van der Waals surface area contributed by atoms with Gasteiger partial charge in [-0.3, -0.25) is 19.1 Å². The second-order valence-electron chi connectivity index (χ2n) is 9.08. The largest absolute Gasteiger partial charge is 0.383 e. The Labute approximate surface area is 231 Å². The zero-order valence-corrected chi connectivity index (χ0v) is 23.3. The van der Waals surface area contributed by atoms with Gasteiger partial charge >= 0.3 is 0 Å². The number of anilines is 2. The predicted molar refractivity (Wildman–Crippen MR) is 153 cm³/mol. The molecule has 8 nitrogen and oxygen atoms in total. The summed E-state index contributed by atoms with van der Waals surface area (Å²) in [5.41, 5.74) is 1.91. The highest BCUT2D eigenvalue weighted by molar-refractivity contribution is 8.26. The van der Waals surface area contributed by atoms with E-state index in [0.717, 1.165) is 5.69 Å². The number of amides is 1. The number of thioether (sulfide) groups is 1. The number of pyridine rings is 1. The zero-order chi connectivity index (χ0) is 27.4. The van der Waals surface area contributed by atoms with Gasteiger partial charge in [0.1, 0.15) is 27.6 Å². The number of rotatable bonds is 8. The zero-order valence-electron chi connectivity index (χ0n) is 21.7. The maximum atomic E-state index is 13.4. The first-order valence-electron chi connectivity index (χ1n) is 12.5. The van der Waals surface area contributed by atoms with Gasteiger partial charge in [0.15, 0.2) is 0 Å². The molecule has 0 N–H and O–H groups in total. The fraction of sp³-hybridized carbons (Fsp3) is 0.407. The normalized spacial score (nSPS) is 17.0. The summed E-state index contributed by atoms with van der Waals surface area (Å²) < 4.78 is 20.6. The molecule has 0 saturated carbocycles. The van der Waals surface area contributed by atoms with Crippen LogP contribution in [0.3, 0.4) is 0 Å². The fourth-order valence-electron chi connectivity index (χ4n) is 4.75. The van der Waals surface area contributed by atoms with Gasteiger partial charge in [0.05, 0.1) is 18.1 Å². The van der Waals surface area contributed by atoms with Crippen molar-refractivity contribution in [3.63, 3.8) is 0 Å². The quantitative estimate of drug-likeness (QED) is 0.360. The van der Waals surface area contributed by atoms with E-state index in [1.807, 2.05) is 6.92 Å². The van der Waals surface area contributed by atoms with Crippen molar-refractivity contribution in [2.45, 2.75) is 26.8 Å². The van der Waals surface area contributed by atoms with E-state index < -0.39 is 0 Å². The lowest BCUT2D eigenvalue weighted by atomic mass is 10.0. The van der Waals surface area contributed by atoms with Crippen molar-refractivity contribution in [1.82, 2.24) is 9.47 Å². The third-order valence-electron chi connectivity index (χ3n) is 6.73. The number of nitriles is 1. The standard InChI is InChI=1S/C27H30FN5O3S2/c1-4-9-32-24(31-12-10-30(11-13-31)20-7-5-19(28)6-8-20)21(18(2)22(17-29)25(32)34)16-23-26(35)33(14-15-36-3)27(37)38-23/h5-8,16H,4,9-15H2,1-3H3/b23-16+. The summed E-state index contributed by atoms with van der Waals surface area (Å²) in [5, 5.41) is 9.85. The Kier molecular flexibility index (Phi) is 8.87. The van der Waals surface area contributed by atoms with E-state index in [1.165, 1.54) is 28.8 Å². The monoisotopic (exact) mass is 555 g/mol. The molecule has 0 atom stereocenters. The number of nitrogens with zero attached hydrogens (tertiary/aromatic N) is 5. The maximum absolute atomic E-state index is 13.4. The average Bonchev–Trinajstić information content (AvgIpc) is 3.18. The number of thiocarbonyl (C=S) groups is 1. The molecule has 11 heteroatoms. The predicted octanol–water partition coefficient (Wildman–Crippen LogP) is 3.75. The summed E-state index contributed by atoms with van der Waals surface area (Å²) >= 11 is 6.66. The maximum Gasteiger partial charge on any atom is 0.270 e. The van der Waals surface area contributed by atoms with Gasteiger partial charge < -0.3 is 14.5 Å². The van der Waals surface area contributed by atoms with E-state index in [1.54, 1.807) is 36.8 Å². The lowest BCUT2D eigenvalue weighted by Crippen LogP contribution is -2.48. The van der Waals surface area contributed by atoms with Crippen LogP contribution in [0.1, 0.15) is 30.0 Å². The van der Waals surface area contributed by atoms with Crippen molar-refractivity contribution in [3.05, 3.63) is 62.0 Å². The first-order valence-corrected chi connectivity index (χ1v) is 13.7. The second-order valence-corrected chi connectivity index (χ2v) is 10.8. The van der Waals surface area contributed by atoms with Gasteiger partial charge in [0.2, 0.25) is 0 Å². The van der Waals surface area contributed by atoms with Crippen molar-refractivity contribution in [1.29, 1.82) is 5.26 Å². The van der Waals surface area contributed by atoms with Crippen molar-refractivity contribution in [2.24, 2.45) is 0 Å². The summed E-state index contributed by atoms with van der Waals surface area (Å²) in [7, 11) is 1.57. The number of piperazine rings is 1. The molecule has 2 saturated heterocycles. The van der Waals surface area contributed by atoms with Crippen LogP contribution in [0.2, 0.25) is 0 Å². The van der Waals surface area contributed by atoms with Gasteiger partial charge in [-0.25, -0.2) is 4.39 Å². The summed E-state index contributed by atoms with van der Waals surface area (Å²) in [5.74, 6) is 0.214. The Bertz CT molecular complexity index is 1360. The highest BCUT2D eigenvalue weighted by Crippen LogP contribution is 2.36. The van der Waals surface area contributed by atoms with Crippen LogP contribution in [0.4, 0.5) is 15.9 Å². The highest BCUT2D eigenvalue weighted by atomic mass is 32.2. The number of carbonyl (C=O) groups excluding carboxylic acids is 1. The van der Waals surface area contributed by atoms with Crippen LogP contribution in [0.15, 0.2) is 34.0 Å². The second kappa shape index (κ2) is 12.1. The molecule has 2 fully saturated rings. The first-order chi connectivity index (χ1) is 18.3. The Morgan fingerprint density at radius 3 is 2.39 bits per heavy atom. The molecular formula is C27H30FN5O3S2. The molecular weight excluding hydrogens is 525 g/mol. The SMILES string of the molecule is CCCn1c(N2CCN(c3ccc(F)cc3)CC2)c(/C=C2/SC(=S)N(CCOC)C2=O)c(C)c(C#N)c1=O. The molecule has 2 aliphatic heterocycles. The Hall–Kier alpha value is -3.20. The molecule has 38 heavy (non-hydrogen) atoms. The lowest BCUT2D eigenvalue weighted by molar-refractivity contribution is -0.122. The van der Waals surface area contributed by atoms with Gasteiger partial charge in [0, 0.05) is 51.1 Å². The van der Waals surface area contributed by atoms with E-state index in [-0.39, 0.29) is 22.8 Å². The van der Waals surface area contributed by atoms with E-state index in [9.17, 15) is 19.2 Å². The molecule has 2 aliphatic rings. The topological polar surface area (TPSA) is 81.8 Å². The number of ether oxygens (including phenoxy) is 1. The fourth-order valence-corrected chi connectivity index (χ4v) is 6.04. The van der Waals surface area contributed by atoms with Crippen LogP contribution in [-0.2, 0) is 16.1 Å². The van der Waals surface area contributed by atoms with E-state index >= 15 is 0 Å². The smallest absolute Gasteiger partial charge is 0.270 e. The molecule has 1 amide bonds. The van der Waals surface area contributed by atoms with Crippen molar-refractivity contribution < 1.29 is 13.9 Å². The van der Waals surface area contributed by atoms with Crippen LogP contribution in [0.25, 0.3) is 6.08 Å². The van der Waals surface area contributed by atoms with Gasteiger partial charge in [-0.1, -0.05) is 30.9 Å². The van der Waals surface area contributed by atoms with Crippen LogP contribution in [0.5, 0.6) is 0 Å². The third kappa shape index (κ3) is 5.48. The number of halogens is 1. The molecule has 0 unspecified atom stereocenters. The minimum absolute atomic E-state index is 0.0771. The minimum Gasteiger partial charge on any atom is -0.383 e. The number of hydrogen-bond acceptors (Lipinski definition) is 8. The first kappa shape index (κ1) is 27.8. The molecule has 0 bridgehead atoms. The average molecular weight is 556 g/mol.